The minimum atomic E-state index is -0.804. The lowest BCUT2D eigenvalue weighted by Crippen LogP contribution is -2.50. The summed E-state index contributed by atoms with van der Waals surface area (Å²) in [7, 11) is 3.47. The lowest BCUT2D eigenvalue weighted by atomic mass is 9.64. The molecule has 0 aromatic heterocycles. The van der Waals surface area contributed by atoms with Gasteiger partial charge in [-0.05, 0) is 68.7 Å². The van der Waals surface area contributed by atoms with Gasteiger partial charge in [0.2, 0.25) is 5.91 Å². The van der Waals surface area contributed by atoms with Gasteiger partial charge in [-0.1, -0.05) is 6.92 Å². The molecule has 1 amide bonds. The van der Waals surface area contributed by atoms with Crippen molar-refractivity contribution < 1.29 is 18.7 Å². The Labute approximate surface area is 209 Å². The molecule has 0 aromatic rings. The van der Waals surface area contributed by atoms with E-state index >= 15 is 0 Å². The first-order valence-corrected chi connectivity index (χ1v) is 13.7. The van der Waals surface area contributed by atoms with Gasteiger partial charge in [0.15, 0.2) is 5.96 Å². The highest BCUT2D eigenvalue weighted by Gasteiger charge is 2.43. The number of rotatable bonds is 8. The van der Waals surface area contributed by atoms with Gasteiger partial charge in [0.05, 0.1) is 18.8 Å². The van der Waals surface area contributed by atoms with E-state index in [0.29, 0.717) is 30.7 Å². The molecule has 4 rings (SSSR count). The van der Waals surface area contributed by atoms with Crippen molar-refractivity contribution in [2.75, 3.05) is 46.9 Å². The lowest BCUT2D eigenvalue weighted by Gasteiger charge is -2.45. The number of amides is 1. The van der Waals surface area contributed by atoms with E-state index in [0.717, 1.165) is 70.7 Å². The number of carbonyl (C=O) groups excluding carboxylic acids is 1. The summed E-state index contributed by atoms with van der Waals surface area (Å²) in [4.78, 5) is 17.8. The number of carbonyl (C=O) groups is 1. The number of aliphatic imine (C=N–C) groups is 1. The summed E-state index contributed by atoms with van der Waals surface area (Å²) in [6.45, 7) is 6.05. The molecule has 2 heterocycles. The van der Waals surface area contributed by atoms with Gasteiger partial charge in [-0.2, -0.15) is 0 Å². The summed E-state index contributed by atoms with van der Waals surface area (Å²) in [5.41, 5.74) is 0. The number of guanidine groups is 1. The SMILES string of the molecule is COC1CCNC(CNC(=O)C2CC(CNC3=NCCN3)CC(C3CC(C)C(F)CC3OC)C2)C1. The van der Waals surface area contributed by atoms with Crippen molar-refractivity contribution >= 4 is 11.9 Å². The molecule has 2 aliphatic carbocycles. The molecule has 35 heavy (non-hydrogen) atoms. The molecule has 0 spiro atoms. The van der Waals surface area contributed by atoms with Crippen molar-refractivity contribution in [2.24, 2.45) is 34.6 Å². The number of nitrogens with one attached hydrogen (secondary N) is 4. The number of halogens is 1. The Balaban J connectivity index is 1.39. The van der Waals surface area contributed by atoms with Crippen LogP contribution in [0.4, 0.5) is 4.39 Å². The van der Waals surface area contributed by atoms with Crippen LogP contribution in [0.1, 0.15) is 51.9 Å². The highest BCUT2D eigenvalue weighted by molar-refractivity contribution is 5.81. The van der Waals surface area contributed by atoms with Gasteiger partial charge in [-0.25, -0.2) is 4.39 Å². The van der Waals surface area contributed by atoms with Crippen LogP contribution in [0, 0.1) is 29.6 Å². The molecule has 200 valence electrons. The maximum Gasteiger partial charge on any atom is 0.223 e. The van der Waals surface area contributed by atoms with Gasteiger partial charge in [-0.15, -0.1) is 0 Å². The average molecular weight is 496 g/mol. The molecule has 2 saturated carbocycles. The Morgan fingerprint density at radius 2 is 1.94 bits per heavy atom. The maximum absolute atomic E-state index is 14.5. The molecule has 2 aliphatic heterocycles. The highest BCUT2D eigenvalue weighted by Crippen LogP contribution is 2.45. The molecule has 9 atom stereocenters. The second-order valence-corrected chi connectivity index (χ2v) is 11.2. The van der Waals surface area contributed by atoms with Crippen molar-refractivity contribution in [3.8, 4) is 0 Å². The predicted molar refractivity (Wildman–Crippen MR) is 135 cm³/mol. The summed E-state index contributed by atoms with van der Waals surface area (Å²) in [5.74, 6) is 2.05. The summed E-state index contributed by atoms with van der Waals surface area (Å²) in [6.07, 6.45) is 5.39. The molecular weight excluding hydrogens is 449 g/mol. The van der Waals surface area contributed by atoms with Crippen LogP contribution in [0.15, 0.2) is 4.99 Å². The fourth-order valence-corrected chi connectivity index (χ4v) is 6.80. The average Bonchev–Trinajstić information content (AvgIpc) is 3.41. The van der Waals surface area contributed by atoms with E-state index in [-0.39, 0.29) is 36.0 Å². The molecule has 9 heteroatoms. The summed E-state index contributed by atoms with van der Waals surface area (Å²) in [6, 6.07) is 0.250. The van der Waals surface area contributed by atoms with Crippen molar-refractivity contribution in [2.45, 2.75) is 76.3 Å². The van der Waals surface area contributed by atoms with E-state index in [1.807, 2.05) is 6.92 Å². The Hall–Kier alpha value is -1.45. The first-order chi connectivity index (χ1) is 17.0. The van der Waals surface area contributed by atoms with Gasteiger partial charge < -0.3 is 30.7 Å². The minimum absolute atomic E-state index is 0.0308. The second kappa shape index (κ2) is 12.7. The monoisotopic (exact) mass is 495 g/mol. The van der Waals surface area contributed by atoms with Gasteiger partial charge in [0.1, 0.15) is 6.17 Å². The van der Waals surface area contributed by atoms with Gasteiger partial charge in [-0.3, -0.25) is 9.79 Å². The van der Waals surface area contributed by atoms with Gasteiger partial charge in [0, 0.05) is 52.2 Å². The minimum Gasteiger partial charge on any atom is -0.381 e. The van der Waals surface area contributed by atoms with Crippen LogP contribution in [-0.2, 0) is 14.3 Å². The Bertz CT molecular complexity index is 725. The molecule has 9 unspecified atom stereocenters. The van der Waals surface area contributed by atoms with Crippen molar-refractivity contribution in [1.82, 2.24) is 21.3 Å². The smallest absolute Gasteiger partial charge is 0.223 e. The number of hydrogen-bond acceptors (Lipinski definition) is 7. The first kappa shape index (κ1) is 26.6. The third kappa shape index (κ3) is 7.07. The molecule has 0 bridgehead atoms. The van der Waals surface area contributed by atoms with E-state index in [1.54, 1.807) is 14.2 Å². The second-order valence-electron chi connectivity index (χ2n) is 11.2. The Morgan fingerprint density at radius 1 is 1.09 bits per heavy atom. The predicted octanol–water partition coefficient (Wildman–Crippen LogP) is 1.85. The molecule has 4 N–H and O–H groups in total. The topological polar surface area (TPSA) is 96.0 Å². The van der Waals surface area contributed by atoms with Crippen LogP contribution in [0.3, 0.4) is 0 Å². The summed E-state index contributed by atoms with van der Waals surface area (Å²) in [5, 5.41) is 13.5. The Kier molecular flexibility index (Phi) is 9.64. The van der Waals surface area contributed by atoms with Crippen LogP contribution in [0.25, 0.3) is 0 Å². The highest BCUT2D eigenvalue weighted by atomic mass is 19.1. The Morgan fingerprint density at radius 3 is 2.69 bits per heavy atom. The van der Waals surface area contributed by atoms with Crippen LogP contribution in [0.2, 0.25) is 0 Å². The quantitative estimate of drug-likeness (QED) is 0.411. The fraction of sp³-hybridized carbons (Fsp3) is 0.923. The summed E-state index contributed by atoms with van der Waals surface area (Å²) >= 11 is 0. The van der Waals surface area contributed by atoms with Crippen LogP contribution < -0.4 is 21.3 Å². The number of ether oxygens (including phenoxy) is 2. The number of alkyl halides is 1. The van der Waals surface area contributed by atoms with E-state index in [1.165, 1.54) is 0 Å². The van der Waals surface area contributed by atoms with Gasteiger partial charge in [0.25, 0.3) is 0 Å². The number of nitrogens with zero attached hydrogens (tertiary/aromatic N) is 1. The van der Waals surface area contributed by atoms with E-state index in [9.17, 15) is 9.18 Å². The third-order valence-corrected chi connectivity index (χ3v) is 8.85. The number of piperidine rings is 1. The largest absolute Gasteiger partial charge is 0.381 e. The van der Waals surface area contributed by atoms with Crippen molar-refractivity contribution in [3.63, 3.8) is 0 Å². The first-order valence-electron chi connectivity index (χ1n) is 13.7. The molecule has 0 aromatic carbocycles. The number of methoxy groups -OCH3 is 2. The molecule has 3 fully saturated rings. The van der Waals surface area contributed by atoms with Gasteiger partial charge >= 0.3 is 0 Å². The normalized spacial score (nSPS) is 40.0. The van der Waals surface area contributed by atoms with E-state index in [4.69, 9.17) is 9.47 Å². The van der Waals surface area contributed by atoms with Crippen LogP contribution >= 0.6 is 0 Å². The molecule has 8 nitrogen and oxygen atoms in total. The standard InChI is InChI=1S/C26H46FN5O3/c1-16-8-22(24(35-3)13-23(16)27)18-9-17(14-32-26-29-6-7-30-26)10-19(11-18)25(33)31-15-20-12-21(34-2)4-5-28-20/h16-24,28H,4-15H2,1-3H3,(H,31,33)(H2,29,30,32). The van der Waals surface area contributed by atoms with Crippen LogP contribution in [0.5, 0.6) is 0 Å². The van der Waals surface area contributed by atoms with E-state index < -0.39 is 6.17 Å². The van der Waals surface area contributed by atoms with Crippen molar-refractivity contribution in [1.29, 1.82) is 0 Å². The van der Waals surface area contributed by atoms with Crippen molar-refractivity contribution in [3.05, 3.63) is 0 Å². The maximum atomic E-state index is 14.5. The third-order valence-electron chi connectivity index (χ3n) is 8.85. The molecule has 0 radical (unpaired) electrons. The molecular formula is C26H46FN5O3. The zero-order valence-electron chi connectivity index (χ0n) is 21.7. The zero-order chi connectivity index (χ0) is 24.8. The lowest BCUT2D eigenvalue weighted by molar-refractivity contribution is -0.128. The summed E-state index contributed by atoms with van der Waals surface area (Å²) < 4.78 is 25.8. The molecule has 4 aliphatic rings. The van der Waals surface area contributed by atoms with E-state index in [2.05, 4.69) is 26.3 Å². The zero-order valence-corrected chi connectivity index (χ0v) is 21.7. The number of hydrogen-bond donors (Lipinski definition) is 4. The molecule has 1 saturated heterocycles. The van der Waals surface area contributed by atoms with Crippen LogP contribution in [-0.4, -0.2) is 83.2 Å². The fourth-order valence-electron chi connectivity index (χ4n) is 6.80.